The summed E-state index contributed by atoms with van der Waals surface area (Å²) in [4.78, 5) is 7.03. The summed E-state index contributed by atoms with van der Waals surface area (Å²) in [5.41, 5.74) is 1.70. The number of nitrogens with zero attached hydrogens (tertiary/aromatic N) is 2. The number of aryl methyl sites for hydroxylation is 1. The molecule has 0 amide bonds. The maximum atomic E-state index is 4.57. The molecule has 108 valence electrons. The van der Waals surface area contributed by atoms with E-state index in [-0.39, 0.29) is 0 Å². The van der Waals surface area contributed by atoms with E-state index in [2.05, 4.69) is 41.6 Å². The summed E-state index contributed by atoms with van der Waals surface area (Å²) in [6.45, 7) is 5.39. The fraction of sp³-hybridized carbons (Fsp3) is 0.800. The zero-order chi connectivity index (χ0) is 13.7. The second kappa shape index (κ2) is 6.82. The van der Waals surface area contributed by atoms with Crippen molar-refractivity contribution >= 4 is 11.3 Å². The zero-order valence-electron chi connectivity index (χ0n) is 12.5. The summed E-state index contributed by atoms with van der Waals surface area (Å²) < 4.78 is 0. The zero-order valence-corrected chi connectivity index (χ0v) is 13.4. The Morgan fingerprint density at radius 2 is 2.11 bits per heavy atom. The summed E-state index contributed by atoms with van der Waals surface area (Å²) >= 11 is 1.75. The van der Waals surface area contributed by atoms with E-state index >= 15 is 0 Å². The van der Waals surface area contributed by atoms with Crippen molar-refractivity contribution in [1.29, 1.82) is 0 Å². The molecule has 1 aliphatic rings. The third-order valence-corrected chi connectivity index (χ3v) is 4.99. The molecule has 19 heavy (non-hydrogen) atoms. The Balaban J connectivity index is 1.92. The number of thiazole rings is 1. The van der Waals surface area contributed by atoms with Gasteiger partial charge in [0.15, 0.2) is 0 Å². The Kier molecular flexibility index (Phi) is 5.37. The molecule has 2 rings (SSSR count). The number of aromatic nitrogens is 1. The highest BCUT2D eigenvalue weighted by atomic mass is 32.1. The summed E-state index contributed by atoms with van der Waals surface area (Å²) in [5, 5.41) is 6.78. The molecule has 1 N–H and O–H groups in total. The Labute approximate surface area is 121 Å². The number of hydrogen-bond acceptors (Lipinski definition) is 4. The average molecular weight is 281 g/mol. The van der Waals surface area contributed by atoms with E-state index < -0.39 is 0 Å². The topological polar surface area (TPSA) is 28.2 Å². The molecule has 1 aliphatic carbocycles. The summed E-state index contributed by atoms with van der Waals surface area (Å²) in [7, 11) is 4.32. The van der Waals surface area contributed by atoms with Crippen molar-refractivity contribution in [3.8, 4) is 0 Å². The predicted octanol–water partition coefficient (Wildman–Crippen LogP) is 3.05. The minimum absolute atomic E-state index is 0.479. The van der Waals surface area contributed by atoms with Crippen molar-refractivity contribution in [3.63, 3.8) is 0 Å². The Hall–Kier alpha value is -0.450. The van der Waals surface area contributed by atoms with Gasteiger partial charge in [0.05, 0.1) is 10.7 Å². The minimum Gasteiger partial charge on any atom is -0.319 e. The van der Waals surface area contributed by atoms with E-state index in [1.165, 1.54) is 49.4 Å². The lowest BCUT2D eigenvalue weighted by Gasteiger charge is -2.40. The molecular formula is C15H27N3S. The maximum absolute atomic E-state index is 4.57. The van der Waals surface area contributed by atoms with Gasteiger partial charge in [-0.25, -0.2) is 4.98 Å². The Bertz CT molecular complexity index is 377. The van der Waals surface area contributed by atoms with Crippen LogP contribution in [0.4, 0.5) is 0 Å². The first-order chi connectivity index (χ1) is 9.13. The van der Waals surface area contributed by atoms with Crippen LogP contribution in [0.2, 0.25) is 0 Å². The van der Waals surface area contributed by atoms with Gasteiger partial charge in [-0.15, -0.1) is 11.3 Å². The number of nitrogens with one attached hydrogen (secondary N) is 1. The van der Waals surface area contributed by atoms with Gasteiger partial charge in [-0.1, -0.05) is 19.3 Å². The lowest BCUT2D eigenvalue weighted by molar-refractivity contribution is 0.115. The van der Waals surface area contributed by atoms with Gasteiger partial charge in [-0.2, -0.15) is 0 Å². The largest absolute Gasteiger partial charge is 0.319 e. The van der Waals surface area contributed by atoms with Crippen molar-refractivity contribution in [2.45, 2.75) is 45.6 Å². The standard InChI is InChI=1S/C15H27N3S/c1-13-17-14(10-19-13)9-18(3)12-15(11-16-2)7-5-4-6-8-15/h10,16H,4-9,11-12H2,1-3H3. The molecule has 1 fully saturated rings. The van der Waals surface area contributed by atoms with Crippen molar-refractivity contribution in [1.82, 2.24) is 15.2 Å². The van der Waals surface area contributed by atoms with Crippen LogP contribution < -0.4 is 5.32 Å². The third kappa shape index (κ3) is 4.26. The van der Waals surface area contributed by atoms with Crippen LogP contribution in [-0.2, 0) is 6.54 Å². The molecule has 1 heterocycles. The second-order valence-corrected chi connectivity index (χ2v) is 7.18. The van der Waals surface area contributed by atoms with Crippen molar-refractivity contribution < 1.29 is 0 Å². The van der Waals surface area contributed by atoms with Crippen LogP contribution in [0.5, 0.6) is 0 Å². The van der Waals surface area contributed by atoms with Crippen LogP contribution in [0.25, 0.3) is 0 Å². The van der Waals surface area contributed by atoms with E-state index in [4.69, 9.17) is 0 Å². The molecular weight excluding hydrogens is 254 g/mol. The van der Waals surface area contributed by atoms with Crippen LogP contribution in [0, 0.1) is 12.3 Å². The first kappa shape index (κ1) is 14.9. The van der Waals surface area contributed by atoms with Gasteiger partial charge < -0.3 is 5.32 Å². The average Bonchev–Trinajstić information content (AvgIpc) is 2.75. The molecule has 1 aromatic heterocycles. The lowest BCUT2D eigenvalue weighted by atomic mass is 9.73. The van der Waals surface area contributed by atoms with Gasteiger partial charge in [-0.05, 0) is 39.3 Å². The molecule has 4 heteroatoms. The van der Waals surface area contributed by atoms with E-state index in [1.54, 1.807) is 11.3 Å². The molecule has 0 atom stereocenters. The maximum Gasteiger partial charge on any atom is 0.0897 e. The fourth-order valence-electron chi connectivity index (χ4n) is 3.45. The van der Waals surface area contributed by atoms with Crippen LogP contribution >= 0.6 is 11.3 Å². The van der Waals surface area contributed by atoms with E-state index in [0.717, 1.165) is 13.1 Å². The first-order valence-electron chi connectivity index (χ1n) is 7.38. The molecule has 1 aromatic rings. The molecule has 0 bridgehead atoms. The van der Waals surface area contributed by atoms with Crippen molar-refractivity contribution in [2.24, 2.45) is 5.41 Å². The highest BCUT2D eigenvalue weighted by Crippen LogP contribution is 2.36. The third-order valence-electron chi connectivity index (χ3n) is 4.17. The number of rotatable bonds is 6. The molecule has 0 saturated heterocycles. The fourth-order valence-corrected chi connectivity index (χ4v) is 4.06. The highest BCUT2D eigenvalue weighted by molar-refractivity contribution is 7.09. The predicted molar refractivity (Wildman–Crippen MR) is 82.6 cm³/mol. The van der Waals surface area contributed by atoms with Gasteiger partial charge in [-0.3, -0.25) is 4.90 Å². The Morgan fingerprint density at radius 1 is 1.37 bits per heavy atom. The van der Waals surface area contributed by atoms with Gasteiger partial charge in [0.2, 0.25) is 0 Å². The first-order valence-corrected chi connectivity index (χ1v) is 8.26. The van der Waals surface area contributed by atoms with Crippen molar-refractivity contribution in [3.05, 3.63) is 16.1 Å². The quantitative estimate of drug-likeness (QED) is 0.868. The smallest absolute Gasteiger partial charge is 0.0897 e. The van der Waals surface area contributed by atoms with E-state index in [1.807, 2.05) is 0 Å². The molecule has 0 aliphatic heterocycles. The molecule has 0 spiro atoms. The van der Waals surface area contributed by atoms with Gasteiger partial charge in [0.25, 0.3) is 0 Å². The summed E-state index contributed by atoms with van der Waals surface area (Å²) in [5.74, 6) is 0. The van der Waals surface area contributed by atoms with Crippen LogP contribution in [-0.4, -0.2) is 37.1 Å². The molecule has 3 nitrogen and oxygen atoms in total. The molecule has 0 radical (unpaired) electrons. The van der Waals surface area contributed by atoms with Crippen LogP contribution in [0.1, 0.15) is 42.8 Å². The summed E-state index contributed by atoms with van der Waals surface area (Å²) in [6.07, 6.45) is 6.94. The molecule has 1 saturated carbocycles. The second-order valence-electron chi connectivity index (χ2n) is 6.12. The highest BCUT2D eigenvalue weighted by Gasteiger charge is 2.32. The van der Waals surface area contributed by atoms with E-state index in [0.29, 0.717) is 5.41 Å². The van der Waals surface area contributed by atoms with Crippen LogP contribution in [0.3, 0.4) is 0 Å². The van der Waals surface area contributed by atoms with Crippen molar-refractivity contribution in [2.75, 3.05) is 27.2 Å². The SMILES string of the molecule is CNCC1(CN(C)Cc2csc(C)n2)CCCCC1. The monoisotopic (exact) mass is 281 g/mol. The molecule has 0 aromatic carbocycles. The summed E-state index contributed by atoms with van der Waals surface area (Å²) in [6, 6.07) is 0. The Morgan fingerprint density at radius 3 is 2.68 bits per heavy atom. The van der Waals surface area contributed by atoms with Gasteiger partial charge in [0, 0.05) is 25.0 Å². The van der Waals surface area contributed by atoms with Gasteiger partial charge >= 0.3 is 0 Å². The van der Waals surface area contributed by atoms with Crippen LogP contribution in [0.15, 0.2) is 5.38 Å². The lowest BCUT2D eigenvalue weighted by Crippen LogP contribution is -2.43. The number of hydrogen-bond donors (Lipinski definition) is 1. The van der Waals surface area contributed by atoms with E-state index in [9.17, 15) is 0 Å². The minimum atomic E-state index is 0.479. The molecule has 0 unspecified atom stereocenters. The van der Waals surface area contributed by atoms with Gasteiger partial charge in [0.1, 0.15) is 0 Å². The normalized spacial score (nSPS) is 18.9.